The van der Waals surface area contributed by atoms with Crippen LogP contribution in [0.1, 0.15) is 228 Å². The molecule has 0 saturated carbocycles. The van der Waals surface area contributed by atoms with Crippen LogP contribution >= 0.6 is 0 Å². The highest BCUT2D eigenvalue weighted by atomic mass is 32.2. The molecule has 0 aliphatic carbocycles. The normalized spacial score (nSPS) is 12.0. The standard InChI is InChI=1S/C54H87S.CHF3O3S/c1-10-19-28-43-37-46(31-22-13-4)52(47(38-43)32-23-14-5)55(53-48(33-24-15-6)39-44(29-20-11-2)40-49(53)34-25-16-7)54-50(35-26-17-8)41-45(30-21-12-3)42-51(54)36-27-18-9;2-1(3,4)8(5,6)7/h37-42H,10-36H2,1-9H3;(H,5,6,7)/q+1;/p-1. The largest absolute Gasteiger partial charge is 0.741 e. The highest BCUT2D eigenvalue weighted by Gasteiger charge is 2.41. The number of hydrogen-bond donors (Lipinski definition) is 0. The summed E-state index contributed by atoms with van der Waals surface area (Å²) in [5.41, 5.74) is 9.33. The van der Waals surface area contributed by atoms with E-state index in [0.29, 0.717) is 0 Å². The van der Waals surface area contributed by atoms with Gasteiger partial charge < -0.3 is 4.55 Å². The molecule has 0 unspecified atom stereocenters. The minimum Gasteiger partial charge on any atom is -0.741 e. The lowest BCUT2D eigenvalue weighted by Gasteiger charge is -2.25. The number of halogens is 3. The Bertz CT molecular complexity index is 1580. The van der Waals surface area contributed by atoms with E-state index in [-0.39, 0.29) is 10.9 Å². The van der Waals surface area contributed by atoms with Crippen molar-refractivity contribution < 1.29 is 26.1 Å². The van der Waals surface area contributed by atoms with Gasteiger partial charge in [-0.2, -0.15) is 13.2 Å². The summed E-state index contributed by atoms with van der Waals surface area (Å²) >= 11 is 0. The smallest absolute Gasteiger partial charge is 0.485 e. The Morgan fingerprint density at radius 1 is 0.381 bits per heavy atom. The molecule has 3 nitrogen and oxygen atoms in total. The maximum atomic E-state index is 10.7. The van der Waals surface area contributed by atoms with Crippen molar-refractivity contribution in [2.24, 2.45) is 0 Å². The number of rotatable bonds is 30. The monoisotopic (exact) mass is 917 g/mol. The van der Waals surface area contributed by atoms with Crippen LogP contribution in [0, 0.1) is 0 Å². The van der Waals surface area contributed by atoms with Crippen LogP contribution in [-0.4, -0.2) is 18.5 Å². The van der Waals surface area contributed by atoms with Gasteiger partial charge in [0.1, 0.15) is 10.9 Å². The summed E-state index contributed by atoms with van der Waals surface area (Å²) in [5, 5.41) is 0. The molecule has 0 aliphatic heterocycles. The average Bonchev–Trinajstić information content (AvgIpc) is 3.25. The van der Waals surface area contributed by atoms with Gasteiger partial charge in [-0.1, -0.05) is 156 Å². The second-order valence-corrected chi connectivity index (χ2v) is 21.1. The Hall–Kier alpha value is -2.29. The maximum absolute atomic E-state index is 10.7. The fourth-order valence-electron chi connectivity index (χ4n) is 8.47. The fourth-order valence-corrected chi connectivity index (χ4v) is 11.6. The van der Waals surface area contributed by atoms with Crippen LogP contribution in [0.4, 0.5) is 13.2 Å². The summed E-state index contributed by atoms with van der Waals surface area (Å²) in [7, 11) is -6.24. The summed E-state index contributed by atoms with van der Waals surface area (Å²) in [6.07, 6.45) is 33.7. The molecule has 358 valence electrons. The predicted molar refractivity (Wildman–Crippen MR) is 265 cm³/mol. The highest BCUT2D eigenvalue weighted by Crippen LogP contribution is 2.45. The molecular weight excluding hydrogens is 830 g/mol. The first-order valence-corrected chi connectivity index (χ1v) is 28.0. The first-order valence-electron chi connectivity index (χ1n) is 25.4. The molecule has 63 heavy (non-hydrogen) atoms. The molecule has 3 aromatic rings. The lowest BCUT2D eigenvalue weighted by atomic mass is 9.95. The number of unbranched alkanes of at least 4 members (excludes halogenated alkanes) is 9. The second-order valence-electron chi connectivity index (χ2n) is 17.9. The van der Waals surface area contributed by atoms with Crippen LogP contribution in [0.25, 0.3) is 0 Å². The van der Waals surface area contributed by atoms with E-state index in [1.165, 1.54) is 173 Å². The molecule has 8 heteroatoms. The Labute approximate surface area is 387 Å². The van der Waals surface area contributed by atoms with E-state index in [4.69, 9.17) is 13.0 Å². The lowest BCUT2D eigenvalue weighted by Crippen LogP contribution is -2.21. The van der Waals surface area contributed by atoms with E-state index in [1.54, 1.807) is 64.8 Å². The van der Waals surface area contributed by atoms with Crippen LogP contribution in [0.5, 0.6) is 0 Å². The van der Waals surface area contributed by atoms with Gasteiger partial charge in [-0.05, 0) is 132 Å². The van der Waals surface area contributed by atoms with Crippen molar-refractivity contribution in [1.29, 1.82) is 0 Å². The van der Waals surface area contributed by atoms with Gasteiger partial charge in [0.25, 0.3) is 0 Å². The Morgan fingerprint density at radius 2 is 0.540 bits per heavy atom. The molecule has 3 aromatic carbocycles. The zero-order chi connectivity index (χ0) is 46.8. The minimum atomic E-state index is -6.09. The zero-order valence-electron chi connectivity index (χ0n) is 41.2. The van der Waals surface area contributed by atoms with Crippen molar-refractivity contribution in [2.75, 3.05) is 0 Å². The average molecular weight is 917 g/mol. The summed E-state index contributed by atoms with van der Waals surface area (Å²) in [6.45, 7) is 21.5. The molecule has 0 radical (unpaired) electrons. The predicted octanol–water partition coefficient (Wildman–Crippen LogP) is 16.9. The van der Waals surface area contributed by atoms with Crippen molar-refractivity contribution in [3.63, 3.8) is 0 Å². The number of alkyl halides is 3. The van der Waals surface area contributed by atoms with Gasteiger partial charge >= 0.3 is 5.51 Å². The fraction of sp³-hybridized carbons (Fsp3) is 0.673. The molecule has 0 heterocycles. The molecule has 0 N–H and O–H groups in total. The van der Waals surface area contributed by atoms with E-state index in [1.807, 2.05) is 0 Å². The van der Waals surface area contributed by atoms with Gasteiger partial charge in [0.2, 0.25) is 0 Å². The van der Waals surface area contributed by atoms with Crippen molar-refractivity contribution in [3.05, 3.63) is 86.5 Å². The second kappa shape index (κ2) is 30.8. The summed E-state index contributed by atoms with van der Waals surface area (Å²) in [5.74, 6) is 0. The first-order chi connectivity index (χ1) is 30.2. The Balaban J connectivity index is 0.00000155. The summed E-state index contributed by atoms with van der Waals surface area (Å²) in [6, 6.07) is 16.4. The highest BCUT2D eigenvalue weighted by molar-refractivity contribution is 7.97. The molecule has 0 amide bonds. The first kappa shape index (κ1) is 56.8. The van der Waals surface area contributed by atoms with E-state index >= 15 is 0 Å². The van der Waals surface area contributed by atoms with Crippen molar-refractivity contribution in [1.82, 2.24) is 0 Å². The molecule has 0 fully saturated rings. The quantitative estimate of drug-likeness (QED) is 0.0380. The van der Waals surface area contributed by atoms with Gasteiger partial charge in [0.05, 0.1) is 0 Å². The summed E-state index contributed by atoms with van der Waals surface area (Å²) < 4.78 is 58.9. The third-order valence-electron chi connectivity index (χ3n) is 12.1. The van der Waals surface area contributed by atoms with Crippen molar-refractivity contribution >= 4 is 21.0 Å². The molecule has 0 spiro atoms. The van der Waals surface area contributed by atoms with Gasteiger partial charge in [-0.15, -0.1) is 0 Å². The van der Waals surface area contributed by atoms with E-state index < -0.39 is 15.6 Å². The molecule has 0 saturated heterocycles. The van der Waals surface area contributed by atoms with Gasteiger partial charge in [0, 0.05) is 33.4 Å². The van der Waals surface area contributed by atoms with Gasteiger partial charge in [-0.25, -0.2) is 8.42 Å². The molecule has 0 atom stereocenters. The lowest BCUT2D eigenvalue weighted by molar-refractivity contribution is -0.0517. The molecular formula is C55H87F3O3S2. The van der Waals surface area contributed by atoms with E-state index in [2.05, 4.69) is 98.7 Å². The minimum absolute atomic E-state index is 0.147. The van der Waals surface area contributed by atoms with Gasteiger partial charge in [0.15, 0.2) is 24.8 Å². The topological polar surface area (TPSA) is 57.2 Å². The van der Waals surface area contributed by atoms with Crippen molar-refractivity contribution in [3.8, 4) is 0 Å². The van der Waals surface area contributed by atoms with Gasteiger partial charge in [-0.3, -0.25) is 0 Å². The number of hydrogen-bond acceptors (Lipinski definition) is 3. The number of aryl methyl sites for hydroxylation is 9. The van der Waals surface area contributed by atoms with Crippen LogP contribution in [-0.2, 0) is 78.8 Å². The van der Waals surface area contributed by atoms with E-state index in [0.717, 1.165) is 0 Å². The van der Waals surface area contributed by atoms with Crippen LogP contribution in [0.15, 0.2) is 51.1 Å². The number of benzene rings is 3. The maximum Gasteiger partial charge on any atom is 0.485 e. The van der Waals surface area contributed by atoms with E-state index in [9.17, 15) is 13.2 Å². The molecule has 3 rings (SSSR count). The Kier molecular flexibility index (Phi) is 27.8. The van der Waals surface area contributed by atoms with Crippen LogP contribution in [0.3, 0.4) is 0 Å². The molecule has 0 bridgehead atoms. The van der Waals surface area contributed by atoms with Crippen LogP contribution < -0.4 is 0 Å². The zero-order valence-corrected chi connectivity index (χ0v) is 42.9. The third kappa shape index (κ3) is 18.9. The Morgan fingerprint density at radius 3 is 0.683 bits per heavy atom. The summed E-state index contributed by atoms with van der Waals surface area (Å²) in [4.78, 5) is 5.28. The molecule has 0 aliphatic rings. The van der Waals surface area contributed by atoms with Crippen molar-refractivity contribution in [2.45, 2.75) is 256 Å². The molecule has 0 aromatic heterocycles. The third-order valence-corrected chi connectivity index (χ3v) is 15.4. The SMILES string of the molecule is CCCCc1cc(CCCC)c([S+](c2c(CCCC)cc(CCCC)cc2CCCC)c2c(CCCC)cc(CCCC)cc2CCCC)c(CCCC)c1.O=S(=O)([O-])C(F)(F)F. The van der Waals surface area contributed by atoms with Crippen LogP contribution in [0.2, 0.25) is 0 Å².